The molecule has 21 heavy (non-hydrogen) atoms. The summed E-state index contributed by atoms with van der Waals surface area (Å²) in [6, 6.07) is 0. The number of halogens is 4. The lowest BCUT2D eigenvalue weighted by Gasteiger charge is -2.10. The van der Waals surface area contributed by atoms with Crippen LogP contribution in [0.5, 0.6) is 0 Å². The standard InChI is InChI=1S/C12H19F3N4S.HI/c1-3-5-6-17-11(16-4-2)18-7-10-19-9(8-20-10)12(13,14)15;/h8H,3-7H2,1-2H3,(H2,16,17,18);1H. The van der Waals surface area contributed by atoms with Gasteiger partial charge in [-0.15, -0.1) is 35.3 Å². The summed E-state index contributed by atoms with van der Waals surface area (Å²) >= 11 is 0.971. The first kappa shape index (κ1) is 20.4. The Hall–Kier alpha value is -0.580. The number of guanidine groups is 1. The minimum atomic E-state index is -4.39. The molecule has 1 heterocycles. The van der Waals surface area contributed by atoms with Crippen molar-refractivity contribution in [3.63, 3.8) is 0 Å². The maximum absolute atomic E-state index is 12.4. The van der Waals surface area contributed by atoms with Crippen LogP contribution < -0.4 is 10.6 Å². The zero-order valence-electron chi connectivity index (χ0n) is 12.0. The van der Waals surface area contributed by atoms with E-state index in [4.69, 9.17) is 0 Å². The van der Waals surface area contributed by atoms with E-state index in [-0.39, 0.29) is 30.5 Å². The van der Waals surface area contributed by atoms with Gasteiger partial charge in [-0.2, -0.15) is 13.2 Å². The molecule has 0 aliphatic rings. The SMILES string of the molecule is CCCCNC(=NCc1nc(C(F)(F)F)cs1)NCC.I. The normalized spacial score (nSPS) is 12.0. The van der Waals surface area contributed by atoms with Crippen molar-refractivity contribution in [2.45, 2.75) is 39.4 Å². The molecule has 0 aliphatic heterocycles. The highest BCUT2D eigenvalue weighted by molar-refractivity contribution is 14.0. The Bertz CT molecular complexity index is 434. The Kier molecular flexibility index (Phi) is 9.92. The van der Waals surface area contributed by atoms with Crippen LogP contribution in [0.4, 0.5) is 13.2 Å². The van der Waals surface area contributed by atoms with E-state index in [2.05, 4.69) is 27.5 Å². The van der Waals surface area contributed by atoms with Gasteiger partial charge in [0.1, 0.15) is 5.01 Å². The molecule has 2 N–H and O–H groups in total. The lowest BCUT2D eigenvalue weighted by Crippen LogP contribution is -2.37. The number of hydrogen-bond donors (Lipinski definition) is 2. The van der Waals surface area contributed by atoms with Crippen LogP contribution in [0.2, 0.25) is 0 Å². The molecule has 1 aromatic heterocycles. The summed E-state index contributed by atoms with van der Waals surface area (Å²) in [5, 5.41) is 7.53. The number of rotatable bonds is 6. The lowest BCUT2D eigenvalue weighted by atomic mass is 10.3. The molecule has 0 saturated carbocycles. The van der Waals surface area contributed by atoms with Crippen molar-refractivity contribution >= 4 is 41.3 Å². The van der Waals surface area contributed by atoms with E-state index in [1.54, 1.807) is 0 Å². The second-order valence-corrected chi connectivity index (χ2v) is 5.04. The largest absolute Gasteiger partial charge is 0.434 e. The van der Waals surface area contributed by atoms with Crippen LogP contribution in [-0.2, 0) is 12.7 Å². The van der Waals surface area contributed by atoms with Gasteiger partial charge in [-0.25, -0.2) is 9.98 Å². The highest BCUT2D eigenvalue weighted by Gasteiger charge is 2.33. The van der Waals surface area contributed by atoms with E-state index in [9.17, 15) is 13.2 Å². The number of unbranched alkanes of at least 4 members (excludes halogenated alkanes) is 1. The highest BCUT2D eigenvalue weighted by Crippen LogP contribution is 2.30. The van der Waals surface area contributed by atoms with Gasteiger partial charge in [0.2, 0.25) is 0 Å². The molecule has 0 aromatic carbocycles. The summed E-state index contributed by atoms with van der Waals surface area (Å²) in [6.45, 7) is 5.64. The van der Waals surface area contributed by atoms with E-state index >= 15 is 0 Å². The lowest BCUT2D eigenvalue weighted by molar-refractivity contribution is -0.140. The van der Waals surface area contributed by atoms with Crippen LogP contribution in [0, 0.1) is 0 Å². The molecule has 0 unspecified atom stereocenters. The molecule has 0 fully saturated rings. The fourth-order valence-electron chi connectivity index (χ4n) is 1.39. The monoisotopic (exact) mass is 436 g/mol. The Balaban J connectivity index is 0.00000400. The van der Waals surface area contributed by atoms with Gasteiger partial charge in [-0.3, -0.25) is 0 Å². The van der Waals surface area contributed by atoms with Crippen LogP contribution in [0.1, 0.15) is 37.4 Å². The molecule has 0 radical (unpaired) electrons. The molecule has 0 bridgehead atoms. The number of hydrogen-bond acceptors (Lipinski definition) is 3. The topological polar surface area (TPSA) is 49.3 Å². The Labute approximate surface area is 143 Å². The predicted octanol–water partition coefficient (Wildman–Crippen LogP) is 3.64. The highest BCUT2D eigenvalue weighted by atomic mass is 127. The third-order valence-corrected chi connectivity index (χ3v) is 3.22. The molecular formula is C12H20F3IN4S. The summed E-state index contributed by atoms with van der Waals surface area (Å²) in [5.41, 5.74) is -0.850. The Morgan fingerprint density at radius 2 is 2.05 bits per heavy atom. The summed E-state index contributed by atoms with van der Waals surface area (Å²) in [4.78, 5) is 7.77. The molecule has 1 rings (SSSR count). The number of aliphatic imine (C=N–C) groups is 1. The minimum Gasteiger partial charge on any atom is -0.357 e. The van der Waals surface area contributed by atoms with E-state index in [1.165, 1.54) is 0 Å². The van der Waals surface area contributed by atoms with Gasteiger partial charge in [0.05, 0.1) is 6.54 Å². The molecule has 0 atom stereocenters. The summed E-state index contributed by atoms with van der Waals surface area (Å²) in [7, 11) is 0. The smallest absolute Gasteiger partial charge is 0.357 e. The fraction of sp³-hybridized carbons (Fsp3) is 0.667. The number of thiazole rings is 1. The number of alkyl halides is 3. The number of aromatic nitrogens is 1. The van der Waals surface area contributed by atoms with Gasteiger partial charge in [0.25, 0.3) is 0 Å². The molecule has 122 valence electrons. The average Bonchev–Trinajstić information content (AvgIpc) is 2.85. The van der Waals surface area contributed by atoms with Crippen LogP contribution in [0.3, 0.4) is 0 Å². The number of nitrogens with zero attached hydrogens (tertiary/aromatic N) is 2. The zero-order chi connectivity index (χ0) is 15.0. The van der Waals surface area contributed by atoms with Crippen LogP contribution in [0.25, 0.3) is 0 Å². The average molecular weight is 436 g/mol. The zero-order valence-corrected chi connectivity index (χ0v) is 15.1. The molecule has 0 aliphatic carbocycles. The van der Waals surface area contributed by atoms with E-state index in [0.717, 1.165) is 36.1 Å². The maximum Gasteiger partial charge on any atom is 0.434 e. The Morgan fingerprint density at radius 3 is 2.57 bits per heavy atom. The first-order chi connectivity index (χ1) is 9.47. The minimum absolute atomic E-state index is 0. The summed E-state index contributed by atoms with van der Waals surface area (Å²) in [6.07, 6.45) is -2.31. The van der Waals surface area contributed by atoms with Crippen LogP contribution in [0.15, 0.2) is 10.4 Å². The van der Waals surface area contributed by atoms with Crippen LogP contribution in [-0.4, -0.2) is 24.0 Å². The predicted molar refractivity (Wildman–Crippen MR) is 90.3 cm³/mol. The maximum atomic E-state index is 12.4. The third kappa shape index (κ3) is 7.84. The van der Waals surface area contributed by atoms with Gasteiger partial charge in [0, 0.05) is 18.5 Å². The van der Waals surface area contributed by atoms with Crippen molar-refractivity contribution in [1.29, 1.82) is 0 Å². The second-order valence-electron chi connectivity index (χ2n) is 4.10. The Morgan fingerprint density at radius 1 is 1.33 bits per heavy atom. The van der Waals surface area contributed by atoms with Crippen molar-refractivity contribution in [2.24, 2.45) is 4.99 Å². The summed E-state index contributed by atoms with van der Waals surface area (Å²) < 4.78 is 37.2. The molecule has 1 aromatic rings. The molecular weight excluding hydrogens is 416 g/mol. The second kappa shape index (κ2) is 10.2. The van der Waals surface area contributed by atoms with Crippen molar-refractivity contribution in [2.75, 3.05) is 13.1 Å². The van der Waals surface area contributed by atoms with Crippen LogP contribution >= 0.6 is 35.3 Å². The van der Waals surface area contributed by atoms with Crippen molar-refractivity contribution < 1.29 is 13.2 Å². The quantitative estimate of drug-likeness (QED) is 0.310. The first-order valence-electron chi connectivity index (χ1n) is 6.51. The van der Waals surface area contributed by atoms with E-state index < -0.39 is 11.9 Å². The fourth-order valence-corrected chi connectivity index (χ4v) is 2.11. The molecule has 4 nitrogen and oxygen atoms in total. The van der Waals surface area contributed by atoms with E-state index in [1.807, 2.05) is 6.92 Å². The van der Waals surface area contributed by atoms with Gasteiger partial charge < -0.3 is 10.6 Å². The van der Waals surface area contributed by atoms with Gasteiger partial charge in [-0.1, -0.05) is 13.3 Å². The van der Waals surface area contributed by atoms with Crippen molar-refractivity contribution in [1.82, 2.24) is 15.6 Å². The van der Waals surface area contributed by atoms with Crippen molar-refractivity contribution in [3.05, 3.63) is 16.1 Å². The molecule has 0 amide bonds. The first-order valence-corrected chi connectivity index (χ1v) is 7.39. The molecule has 0 spiro atoms. The van der Waals surface area contributed by atoms with Gasteiger partial charge >= 0.3 is 6.18 Å². The third-order valence-electron chi connectivity index (χ3n) is 2.38. The molecule has 9 heteroatoms. The van der Waals surface area contributed by atoms with E-state index in [0.29, 0.717) is 17.5 Å². The van der Waals surface area contributed by atoms with Gasteiger partial charge in [0.15, 0.2) is 11.7 Å². The summed E-state index contributed by atoms with van der Waals surface area (Å²) in [5.74, 6) is 0.602. The van der Waals surface area contributed by atoms with Crippen molar-refractivity contribution in [3.8, 4) is 0 Å². The molecule has 0 saturated heterocycles. The number of nitrogens with one attached hydrogen (secondary N) is 2. The van der Waals surface area contributed by atoms with Gasteiger partial charge in [-0.05, 0) is 13.3 Å².